The van der Waals surface area contributed by atoms with E-state index in [4.69, 9.17) is 9.84 Å². The van der Waals surface area contributed by atoms with E-state index >= 15 is 0 Å². The summed E-state index contributed by atoms with van der Waals surface area (Å²) in [5.74, 6) is 1.04. The van der Waals surface area contributed by atoms with Crippen LogP contribution in [-0.4, -0.2) is 16.4 Å². The molecule has 118 valence electrons. The van der Waals surface area contributed by atoms with Crippen LogP contribution in [-0.2, 0) is 0 Å². The highest BCUT2D eigenvalue weighted by atomic mass is 79.9. The summed E-state index contributed by atoms with van der Waals surface area (Å²) in [6.45, 7) is 0. The van der Waals surface area contributed by atoms with Crippen LogP contribution < -0.4 is 4.74 Å². The van der Waals surface area contributed by atoms with E-state index in [2.05, 4.69) is 56.7 Å². The minimum Gasteiger partial charge on any atom is -0.466 e. The number of halogens is 1. The van der Waals surface area contributed by atoms with Gasteiger partial charge in [0.1, 0.15) is 5.75 Å². The van der Waals surface area contributed by atoms with Gasteiger partial charge < -0.3 is 4.74 Å². The summed E-state index contributed by atoms with van der Waals surface area (Å²) in [7, 11) is 0. The standard InChI is InChI=1S/C18H17BrN2OS/c19-12-5-6-16-13(10-12)15-11-14(17-4-3-9-23-17)20-21(15)18(22-16)7-1-2-8-18/h3-6,9-10,15H,1-2,7-8,11H2/t15-/m0/s1. The average molecular weight is 389 g/mol. The van der Waals surface area contributed by atoms with Crippen molar-refractivity contribution in [3.8, 4) is 5.75 Å². The minimum absolute atomic E-state index is 0.232. The molecule has 3 heterocycles. The van der Waals surface area contributed by atoms with Crippen LogP contribution in [0, 0.1) is 0 Å². The first-order valence-electron chi connectivity index (χ1n) is 8.14. The second-order valence-corrected chi connectivity index (χ2v) is 8.39. The lowest BCUT2D eigenvalue weighted by atomic mass is 9.95. The van der Waals surface area contributed by atoms with Gasteiger partial charge in [0.15, 0.2) is 5.72 Å². The Kier molecular flexibility index (Phi) is 3.10. The molecule has 1 aliphatic carbocycles. The highest BCUT2D eigenvalue weighted by Crippen LogP contribution is 2.52. The molecule has 5 heteroatoms. The first-order chi connectivity index (χ1) is 11.3. The highest BCUT2D eigenvalue weighted by Gasteiger charge is 2.51. The maximum atomic E-state index is 6.52. The van der Waals surface area contributed by atoms with Gasteiger partial charge in [0.25, 0.3) is 0 Å². The molecular formula is C18H17BrN2OS. The second-order valence-electron chi connectivity index (χ2n) is 6.53. The molecule has 5 rings (SSSR count). The van der Waals surface area contributed by atoms with Crippen LogP contribution in [0.25, 0.3) is 0 Å². The first-order valence-corrected chi connectivity index (χ1v) is 9.82. The van der Waals surface area contributed by atoms with Gasteiger partial charge in [-0.15, -0.1) is 11.3 Å². The molecule has 23 heavy (non-hydrogen) atoms. The third-order valence-electron chi connectivity index (χ3n) is 5.15. The van der Waals surface area contributed by atoms with Crippen molar-refractivity contribution >= 4 is 33.0 Å². The van der Waals surface area contributed by atoms with Crippen molar-refractivity contribution in [2.45, 2.75) is 43.9 Å². The summed E-state index contributed by atoms with van der Waals surface area (Å²) in [6.07, 6.45) is 5.55. The van der Waals surface area contributed by atoms with Crippen LogP contribution in [0.5, 0.6) is 5.75 Å². The van der Waals surface area contributed by atoms with Gasteiger partial charge in [-0.3, -0.25) is 0 Å². The lowest BCUT2D eigenvalue weighted by molar-refractivity contribution is -0.114. The molecule has 2 aliphatic heterocycles. The van der Waals surface area contributed by atoms with Gasteiger partial charge in [-0.1, -0.05) is 22.0 Å². The van der Waals surface area contributed by atoms with E-state index in [9.17, 15) is 0 Å². The number of rotatable bonds is 1. The van der Waals surface area contributed by atoms with Gasteiger partial charge in [-0.2, -0.15) is 5.10 Å². The van der Waals surface area contributed by atoms with Crippen LogP contribution in [0.4, 0.5) is 0 Å². The lowest BCUT2D eigenvalue weighted by Crippen LogP contribution is -2.51. The number of hydrazone groups is 1. The molecule has 1 atom stereocenters. The number of benzene rings is 1. The molecule has 0 saturated heterocycles. The van der Waals surface area contributed by atoms with Gasteiger partial charge >= 0.3 is 0 Å². The molecule has 1 spiro atoms. The van der Waals surface area contributed by atoms with E-state index in [-0.39, 0.29) is 5.72 Å². The molecule has 1 aromatic carbocycles. The quantitative estimate of drug-likeness (QED) is 0.659. The maximum Gasteiger partial charge on any atom is 0.198 e. The highest BCUT2D eigenvalue weighted by molar-refractivity contribution is 9.10. The molecule has 3 aliphatic rings. The monoisotopic (exact) mass is 388 g/mol. The Balaban J connectivity index is 1.63. The Labute approximate surface area is 148 Å². The molecule has 0 radical (unpaired) electrons. The maximum absolute atomic E-state index is 6.52. The van der Waals surface area contributed by atoms with E-state index < -0.39 is 0 Å². The third-order valence-corrected chi connectivity index (χ3v) is 6.56. The predicted molar refractivity (Wildman–Crippen MR) is 96.0 cm³/mol. The van der Waals surface area contributed by atoms with E-state index in [1.165, 1.54) is 29.0 Å². The minimum atomic E-state index is -0.232. The Hall–Kier alpha value is -1.33. The van der Waals surface area contributed by atoms with Crippen molar-refractivity contribution in [2.75, 3.05) is 0 Å². The number of hydrogen-bond acceptors (Lipinski definition) is 4. The number of nitrogens with zero attached hydrogens (tertiary/aromatic N) is 2. The SMILES string of the molecule is Brc1ccc2c(c1)[C@@H]1CC(c3cccs3)=NN1C1(CCCC1)O2. The van der Waals surface area contributed by atoms with E-state index in [0.717, 1.165) is 29.5 Å². The van der Waals surface area contributed by atoms with Crippen LogP contribution in [0.3, 0.4) is 0 Å². The molecule has 3 nitrogen and oxygen atoms in total. The van der Waals surface area contributed by atoms with Gasteiger partial charge in [0.05, 0.1) is 16.6 Å². The number of ether oxygens (including phenoxy) is 1. The van der Waals surface area contributed by atoms with Crippen LogP contribution >= 0.6 is 27.3 Å². The lowest BCUT2D eigenvalue weighted by Gasteiger charge is -2.45. The van der Waals surface area contributed by atoms with Gasteiger partial charge in [0.2, 0.25) is 0 Å². The summed E-state index contributed by atoms with van der Waals surface area (Å²) >= 11 is 5.38. The zero-order chi connectivity index (χ0) is 15.4. The summed E-state index contributed by atoms with van der Waals surface area (Å²) in [4.78, 5) is 1.28. The molecule has 0 bridgehead atoms. The Morgan fingerprint density at radius 3 is 2.91 bits per heavy atom. The predicted octanol–water partition coefficient (Wildman–Crippen LogP) is 5.32. The zero-order valence-electron chi connectivity index (χ0n) is 12.7. The smallest absolute Gasteiger partial charge is 0.198 e. The van der Waals surface area contributed by atoms with Crippen molar-refractivity contribution in [2.24, 2.45) is 5.10 Å². The summed E-state index contributed by atoms with van der Waals surface area (Å²) in [5.41, 5.74) is 2.23. The third kappa shape index (κ3) is 2.09. The fourth-order valence-electron chi connectivity index (χ4n) is 4.10. The fraction of sp³-hybridized carbons (Fsp3) is 0.389. The van der Waals surface area contributed by atoms with Gasteiger partial charge in [-0.25, -0.2) is 5.01 Å². The summed E-state index contributed by atoms with van der Waals surface area (Å²) in [6, 6.07) is 11.0. The number of thiophene rings is 1. The molecule has 1 aromatic heterocycles. The van der Waals surface area contributed by atoms with Crippen LogP contribution in [0.2, 0.25) is 0 Å². The van der Waals surface area contributed by atoms with E-state index in [0.29, 0.717) is 6.04 Å². The molecule has 1 fully saturated rings. The van der Waals surface area contributed by atoms with Crippen LogP contribution in [0.1, 0.15) is 48.6 Å². The topological polar surface area (TPSA) is 24.8 Å². The molecule has 0 amide bonds. The van der Waals surface area contributed by atoms with Gasteiger partial charge in [-0.05, 0) is 42.5 Å². The summed E-state index contributed by atoms with van der Waals surface area (Å²) < 4.78 is 7.62. The molecule has 2 aromatic rings. The van der Waals surface area contributed by atoms with Crippen molar-refractivity contribution < 1.29 is 4.74 Å². The summed E-state index contributed by atoms with van der Waals surface area (Å²) in [5, 5.41) is 9.44. The van der Waals surface area contributed by atoms with E-state index in [1.807, 2.05) is 0 Å². The zero-order valence-corrected chi connectivity index (χ0v) is 15.1. The Bertz CT molecular complexity index is 780. The Morgan fingerprint density at radius 1 is 1.26 bits per heavy atom. The van der Waals surface area contributed by atoms with Crippen molar-refractivity contribution in [3.05, 3.63) is 50.6 Å². The largest absolute Gasteiger partial charge is 0.466 e. The second kappa shape index (κ2) is 5.08. The van der Waals surface area contributed by atoms with Crippen molar-refractivity contribution in [1.82, 2.24) is 5.01 Å². The molecular weight excluding hydrogens is 372 g/mol. The van der Waals surface area contributed by atoms with E-state index in [1.54, 1.807) is 11.3 Å². The number of hydrogen-bond donors (Lipinski definition) is 0. The Morgan fingerprint density at radius 2 is 2.13 bits per heavy atom. The fourth-order valence-corrected chi connectivity index (χ4v) is 5.20. The van der Waals surface area contributed by atoms with Crippen molar-refractivity contribution in [3.63, 3.8) is 0 Å². The van der Waals surface area contributed by atoms with Crippen LogP contribution in [0.15, 0.2) is 45.3 Å². The average Bonchev–Trinajstić information content (AvgIpc) is 3.28. The van der Waals surface area contributed by atoms with Gasteiger partial charge in [0, 0.05) is 29.3 Å². The number of fused-ring (bicyclic) bond motifs is 4. The normalized spacial score (nSPS) is 24.3. The molecule has 1 saturated carbocycles. The van der Waals surface area contributed by atoms with Crippen molar-refractivity contribution in [1.29, 1.82) is 0 Å². The first kappa shape index (κ1) is 14.1. The molecule has 0 N–H and O–H groups in total. The molecule has 0 unspecified atom stereocenters.